The van der Waals surface area contributed by atoms with E-state index < -0.39 is 6.43 Å². The summed E-state index contributed by atoms with van der Waals surface area (Å²) in [4.78, 5) is 22.8. The fourth-order valence-corrected chi connectivity index (χ4v) is 3.57. The largest absolute Gasteiger partial charge is 0.356 e. The summed E-state index contributed by atoms with van der Waals surface area (Å²) in [5, 5.41) is 3.81. The Morgan fingerprint density at radius 3 is 2.33 bits per heavy atom. The number of hydrogen-bond acceptors (Lipinski definition) is 4. The molecule has 33 heavy (non-hydrogen) atoms. The Kier molecular flexibility index (Phi) is 10.2. The van der Waals surface area contributed by atoms with Gasteiger partial charge < -0.3 is 10.2 Å². The summed E-state index contributed by atoms with van der Waals surface area (Å²) < 4.78 is 27.0. The van der Waals surface area contributed by atoms with Crippen molar-refractivity contribution in [1.82, 2.24) is 15.3 Å². The number of alkyl halides is 2. The topological polar surface area (TPSA) is 58.1 Å². The summed E-state index contributed by atoms with van der Waals surface area (Å²) in [6.45, 7) is 12.0. The van der Waals surface area contributed by atoms with E-state index in [2.05, 4.69) is 20.2 Å². The first-order valence-electron chi connectivity index (χ1n) is 11.7. The first kappa shape index (κ1) is 26.2. The third-order valence-electron chi connectivity index (χ3n) is 5.19. The molecule has 0 atom stereocenters. The summed E-state index contributed by atoms with van der Waals surface area (Å²) in [7, 11) is 0. The Labute approximate surface area is 195 Å². The number of carbonyl (C=O) groups is 1. The van der Waals surface area contributed by atoms with Gasteiger partial charge in [0.25, 0.3) is 6.43 Å². The summed E-state index contributed by atoms with van der Waals surface area (Å²) in [5.41, 5.74) is 0.999. The van der Waals surface area contributed by atoms with E-state index in [1.54, 1.807) is 18.2 Å². The molecular formula is C26H34F2N4O. The molecule has 0 unspecified atom stereocenters. The van der Waals surface area contributed by atoms with Crippen LogP contribution in [-0.4, -0.2) is 35.5 Å². The molecular weight excluding hydrogens is 422 g/mol. The lowest BCUT2D eigenvalue weighted by molar-refractivity contribution is -0.121. The molecule has 0 saturated carbocycles. The SMILES string of the molecule is CC.CC.CCC(=O)NCC1CN(c2nc(-c3ccccc3C(F)F)nc3ccccc23)C1. The number of nitrogens with one attached hydrogen (secondary N) is 1. The Morgan fingerprint density at radius 2 is 1.67 bits per heavy atom. The van der Waals surface area contributed by atoms with Crippen molar-refractivity contribution in [3.63, 3.8) is 0 Å². The third-order valence-corrected chi connectivity index (χ3v) is 5.19. The highest BCUT2D eigenvalue weighted by atomic mass is 19.3. The maximum absolute atomic E-state index is 13.5. The van der Waals surface area contributed by atoms with Crippen molar-refractivity contribution < 1.29 is 13.6 Å². The molecule has 5 nitrogen and oxygen atoms in total. The van der Waals surface area contributed by atoms with Crippen LogP contribution in [0.1, 0.15) is 53.0 Å². The molecule has 1 aliphatic rings. The number of amides is 1. The van der Waals surface area contributed by atoms with Crippen LogP contribution in [0.4, 0.5) is 14.6 Å². The molecule has 1 aromatic heterocycles. The van der Waals surface area contributed by atoms with Crippen LogP contribution in [0.2, 0.25) is 0 Å². The van der Waals surface area contributed by atoms with E-state index >= 15 is 0 Å². The van der Waals surface area contributed by atoms with Crippen LogP contribution >= 0.6 is 0 Å². The quantitative estimate of drug-likeness (QED) is 0.476. The van der Waals surface area contributed by atoms with Crippen LogP contribution in [0.5, 0.6) is 0 Å². The number of aromatic nitrogens is 2. The average Bonchev–Trinajstić information content (AvgIpc) is 2.85. The first-order chi connectivity index (χ1) is 16.1. The highest BCUT2D eigenvalue weighted by Crippen LogP contribution is 2.34. The van der Waals surface area contributed by atoms with Crippen molar-refractivity contribution in [3.05, 3.63) is 54.1 Å². The van der Waals surface area contributed by atoms with E-state index in [-0.39, 0.29) is 11.5 Å². The third kappa shape index (κ3) is 6.24. The second-order valence-electron chi connectivity index (χ2n) is 7.20. The average molecular weight is 457 g/mol. The molecule has 2 aromatic carbocycles. The van der Waals surface area contributed by atoms with Crippen LogP contribution in [0.25, 0.3) is 22.3 Å². The summed E-state index contributed by atoms with van der Waals surface area (Å²) in [5.74, 6) is 1.43. The number of nitrogens with zero attached hydrogens (tertiary/aromatic N) is 3. The van der Waals surface area contributed by atoms with Gasteiger partial charge in [-0.1, -0.05) is 71.0 Å². The van der Waals surface area contributed by atoms with Gasteiger partial charge in [-0.2, -0.15) is 0 Å². The summed E-state index contributed by atoms with van der Waals surface area (Å²) >= 11 is 0. The fourth-order valence-electron chi connectivity index (χ4n) is 3.57. The van der Waals surface area contributed by atoms with Gasteiger partial charge in [0, 0.05) is 48.5 Å². The van der Waals surface area contributed by atoms with Gasteiger partial charge in [-0.25, -0.2) is 18.7 Å². The van der Waals surface area contributed by atoms with E-state index in [0.29, 0.717) is 30.3 Å². The smallest absolute Gasteiger partial charge is 0.264 e. The molecule has 0 aliphatic carbocycles. The van der Waals surface area contributed by atoms with Crippen molar-refractivity contribution in [2.75, 3.05) is 24.5 Å². The molecule has 7 heteroatoms. The number of rotatable bonds is 6. The molecule has 178 valence electrons. The van der Waals surface area contributed by atoms with Crippen LogP contribution in [0.15, 0.2) is 48.5 Å². The molecule has 1 N–H and O–H groups in total. The number of carbonyl (C=O) groups excluding carboxylic acids is 1. The van der Waals surface area contributed by atoms with Crippen LogP contribution in [0.3, 0.4) is 0 Å². The number of anilines is 1. The van der Waals surface area contributed by atoms with Gasteiger partial charge in [-0.05, 0) is 12.1 Å². The predicted molar refractivity (Wildman–Crippen MR) is 132 cm³/mol. The molecule has 0 radical (unpaired) electrons. The van der Waals surface area contributed by atoms with Crippen LogP contribution < -0.4 is 10.2 Å². The number of fused-ring (bicyclic) bond motifs is 1. The molecule has 2 heterocycles. The van der Waals surface area contributed by atoms with Crippen molar-refractivity contribution in [3.8, 4) is 11.4 Å². The van der Waals surface area contributed by atoms with Crippen molar-refractivity contribution >= 4 is 22.6 Å². The first-order valence-corrected chi connectivity index (χ1v) is 11.7. The number of para-hydroxylation sites is 1. The van der Waals surface area contributed by atoms with Gasteiger partial charge in [0.15, 0.2) is 5.82 Å². The normalized spacial score (nSPS) is 12.9. The van der Waals surface area contributed by atoms with E-state index in [1.165, 1.54) is 6.07 Å². The minimum absolute atomic E-state index is 0.0434. The molecule has 1 amide bonds. The van der Waals surface area contributed by atoms with Crippen LogP contribution in [0, 0.1) is 5.92 Å². The molecule has 1 aliphatic heterocycles. The second-order valence-corrected chi connectivity index (χ2v) is 7.20. The Hall–Kier alpha value is -3.09. The standard InChI is InChI=1S/C22H22F2N4O.2C2H6/c1-2-19(29)25-11-14-12-28(13-14)22-17-9-5-6-10-18(17)26-21(27-22)16-8-4-3-7-15(16)20(23)24;2*1-2/h3-10,14,20H,2,11-13H2,1H3,(H,25,29);2*1-2H3. The van der Waals surface area contributed by atoms with Gasteiger partial charge in [0.2, 0.25) is 5.91 Å². The maximum Gasteiger partial charge on any atom is 0.264 e. The minimum Gasteiger partial charge on any atom is -0.356 e. The predicted octanol–water partition coefficient (Wildman–Crippen LogP) is 6.25. The monoisotopic (exact) mass is 456 g/mol. The molecule has 0 bridgehead atoms. The molecule has 4 rings (SSSR count). The van der Waals surface area contributed by atoms with Gasteiger partial charge in [0.05, 0.1) is 5.52 Å². The number of benzene rings is 2. The maximum atomic E-state index is 13.5. The van der Waals surface area contributed by atoms with E-state index in [9.17, 15) is 13.6 Å². The zero-order valence-electron chi connectivity index (χ0n) is 20.1. The lowest BCUT2D eigenvalue weighted by atomic mass is 9.99. The van der Waals surface area contributed by atoms with Gasteiger partial charge in [0.1, 0.15) is 5.82 Å². The second kappa shape index (κ2) is 12.8. The van der Waals surface area contributed by atoms with Crippen molar-refractivity contribution in [1.29, 1.82) is 0 Å². The van der Waals surface area contributed by atoms with E-state index in [4.69, 9.17) is 0 Å². The van der Waals surface area contributed by atoms with Gasteiger partial charge in [-0.3, -0.25) is 4.79 Å². The van der Waals surface area contributed by atoms with Gasteiger partial charge in [-0.15, -0.1) is 0 Å². The molecule has 3 aromatic rings. The number of hydrogen-bond donors (Lipinski definition) is 1. The Morgan fingerprint density at radius 1 is 1.03 bits per heavy atom. The zero-order valence-corrected chi connectivity index (χ0v) is 20.1. The van der Waals surface area contributed by atoms with E-state index in [0.717, 1.165) is 29.8 Å². The zero-order chi connectivity index (χ0) is 24.4. The minimum atomic E-state index is -2.60. The molecule has 1 saturated heterocycles. The highest BCUT2D eigenvalue weighted by molar-refractivity contribution is 5.91. The highest BCUT2D eigenvalue weighted by Gasteiger charge is 2.30. The number of halogens is 2. The summed E-state index contributed by atoms with van der Waals surface area (Å²) in [6.07, 6.45) is -2.12. The Balaban J connectivity index is 0.000000914. The fraction of sp³-hybridized carbons (Fsp3) is 0.423. The van der Waals surface area contributed by atoms with Crippen LogP contribution in [-0.2, 0) is 4.79 Å². The summed E-state index contributed by atoms with van der Waals surface area (Å²) in [6, 6.07) is 14.0. The van der Waals surface area contributed by atoms with E-state index in [1.807, 2.05) is 58.9 Å². The van der Waals surface area contributed by atoms with Gasteiger partial charge >= 0.3 is 0 Å². The lowest BCUT2D eigenvalue weighted by Crippen LogP contribution is -2.52. The molecule has 1 fully saturated rings. The lowest BCUT2D eigenvalue weighted by Gasteiger charge is -2.40. The van der Waals surface area contributed by atoms with Crippen molar-refractivity contribution in [2.45, 2.75) is 47.5 Å². The Bertz CT molecular complexity index is 1040. The van der Waals surface area contributed by atoms with Crippen molar-refractivity contribution in [2.24, 2.45) is 5.92 Å². The molecule has 0 spiro atoms.